The van der Waals surface area contributed by atoms with E-state index in [0.29, 0.717) is 11.9 Å². The lowest BCUT2D eigenvalue weighted by atomic mass is 10.2. The van der Waals surface area contributed by atoms with Gasteiger partial charge in [0.25, 0.3) is 0 Å². The smallest absolute Gasteiger partial charge is 0.160 e. The maximum absolute atomic E-state index is 6.06. The van der Waals surface area contributed by atoms with E-state index in [1.54, 1.807) is 11.3 Å². The Balaban J connectivity index is 2.06. The van der Waals surface area contributed by atoms with Crippen molar-refractivity contribution in [3.63, 3.8) is 0 Å². The van der Waals surface area contributed by atoms with Gasteiger partial charge in [0.15, 0.2) is 5.65 Å². The molecular weight excluding hydrogens is 290 g/mol. The van der Waals surface area contributed by atoms with Gasteiger partial charge in [-0.3, -0.25) is 0 Å². The second kappa shape index (κ2) is 5.54. The van der Waals surface area contributed by atoms with Gasteiger partial charge in [-0.25, -0.2) is 9.97 Å². The molecule has 3 heterocycles. The minimum Gasteiger partial charge on any atom is -0.308 e. The lowest BCUT2D eigenvalue weighted by Crippen LogP contribution is -2.11. The van der Waals surface area contributed by atoms with E-state index in [-0.39, 0.29) is 0 Å². The summed E-state index contributed by atoms with van der Waals surface area (Å²) in [5.41, 5.74) is 2.86. The largest absolute Gasteiger partial charge is 0.308 e. The van der Waals surface area contributed by atoms with Crippen LogP contribution in [0.25, 0.3) is 11.2 Å². The molecule has 0 aliphatic heterocycles. The summed E-state index contributed by atoms with van der Waals surface area (Å²) in [6.07, 6.45) is 0.975. The van der Waals surface area contributed by atoms with Crippen molar-refractivity contribution in [1.29, 1.82) is 0 Å². The SMILES string of the molecule is Cc1ccc2nc(CCl)n(C(C)Cc3cccs3)c2n1. The van der Waals surface area contributed by atoms with Gasteiger partial charge in [-0.05, 0) is 37.4 Å². The molecule has 0 fully saturated rings. The Morgan fingerprint density at radius 2 is 2.15 bits per heavy atom. The maximum atomic E-state index is 6.06. The van der Waals surface area contributed by atoms with E-state index in [1.165, 1.54) is 4.88 Å². The molecule has 20 heavy (non-hydrogen) atoms. The number of hydrogen-bond acceptors (Lipinski definition) is 3. The zero-order chi connectivity index (χ0) is 14.1. The molecule has 3 aromatic rings. The number of fused-ring (bicyclic) bond motifs is 1. The summed E-state index contributed by atoms with van der Waals surface area (Å²) in [6.45, 7) is 4.20. The predicted octanol–water partition coefficient (Wildman–Crippen LogP) is 4.34. The van der Waals surface area contributed by atoms with Crippen molar-refractivity contribution < 1.29 is 0 Å². The van der Waals surface area contributed by atoms with Gasteiger partial charge < -0.3 is 4.57 Å². The highest BCUT2D eigenvalue weighted by atomic mass is 35.5. The van der Waals surface area contributed by atoms with Gasteiger partial charge in [-0.1, -0.05) is 6.07 Å². The zero-order valence-electron chi connectivity index (χ0n) is 11.5. The molecule has 0 N–H and O–H groups in total. The normalized spacial score (nSPS) is 12.9. The molecule has 5 heteroatoms. The lowest BCUT2D eigenvalue weighted by Gasteiger charge is -2.15. The number of rotatable bonds is 4. The van der Waals surface area contributed by atoms with Crippen molar-refractivity contribution in [1.82, 2.24) is 14.5 Å². The summed E-state index contributed by atoms with van der Waals surface area (Å²) in [6, 6.07) is 8.55. The second-order valence-corrected chi connectivity index (χ2v) is 6.26. The van der Waals surface area contributed by atoms with Crippen LogP contribution in [0.5, 0.6) is 0 Å². The topological polar surface area (TPSA) is 30.7 Å². The molecule has 1 unspecified atom stereocenters. The fourth-order valence-corrected chi connectivity index (χ4v) is 3.50. The molecule has 1 atom stereocenters. The van der Waals surface area contributed by atoms with Crippen LogP contribution in [0.1, 0.15) is 29.4 Å². The summed E-state index contributed by atoms with van der Waals surface area (Å²) in [7, 11) is 0. The van der Waals surface area contributed by atoms with E-state index in [2.05, 4.69) is 39.0 Å². The third-order valence-electron chi connectivity index (χ3n) is 3.39. The highest BCUT2D eigenvalue weighted by molar-refractivity contribution is 7.09. The van der Waals surface area contributed by atoms with Crippen molar-refractivity contribution in [2.24, 2.45) is 0 Å². The predicted molar refractivity (Wildman–Crippen MR) is 84.6 cm³/mol. The van der Waals surface area contributed by atoms with Crippen LogP contribution < -0.4 is 0 Å². The Morgan fingerprint density at radius 1 is 1.30 bits per heavy atom. The average Bonchev–Trinajstić information content (AvgIpc) is 3.04. The van der Waals surface area contributed by atoms with Crippen LogP contribution >= 0.6 is 22.9 Å². The Morgan fingerprint density at radius 3 is 2.85 bits per heavy atom. The number of alkyl halides is 1. The highest BCUT2D eigenvalue weighted by Gasteiger charge is 2.17. The molecule has 0 aromatic carbocycles. The van der Waals surface area contributed by atoms with E-state index in [0.717, 1.165) is 29.1 Å². The summed E-state index contributed by atoms with van der Waals surface area (Å²) in [4.78, 5) is 10.6. The number of aromatic nitrogens is 3. The molecule has 0 saturated heterocycles. The fraction of sp³-hybridized carbons (Fsp3) is 0.333. The van der Waals surface area contributed by atoms with Crippen LogP contribution in [0.4, 0.5) is 0 Å². The third-order valence-corrected chi connectivity index (χ3v) is 4.52. The lowest BCUT2D eigenvalue weighted by molar-refractivity contribution is 0.543. The van der Waals surface area contributed by atoms with Gasteiger partial charge in [-0.2, -0.15) is 0 Å². The Kier molecular flexibility index (Phi) is 3.76. The van der Waals surface area contributed by atoms with Crippen molar-refractivity contribution in [3.05, 3.63) is 46.0 Å². The van der Waals surface area contributed by atoms with Crippen LogP contribution in [0, 0.1) is 6.92 Å². The highest BCUT2D eigenvalue weighted by Crippen LogP contribution is 2.25. The number of thiophene rings is 1. The molecule has 0 aliphatic carbocycles. The molecule has 3 nitrogen and oxygen atoms in total. The Bertz CT molecular complexity index is 718. The average molecular weight is 306 g/mol. The first-order chi connectivity index (χ1) is 9.69. The van der Waals surface area contributed by atoms with E-state index >= 15 is 0 Å². The van der Waals surface area contributed by atoms with Gasteiger partial charge in [0, 0.05) is 23.0 Å². The van der Waals surface area contributed by atoms with E-state index in [4.69, 9.17) is 11.6 Å². The monoisotopic (exact) mass is 305 g/mol. The van der Waals surface area contributed by atoms with Crippen molar-refractivity contribution in [2.45, 2.75) is 32.2 Å². The van der Waals surface area contributed by atoms with Gasteiger partial charge in [0.05, 0.1) is 5.88 Å². The van der Waals surface area contributed by atoms with Gasteiger partial charge in [-0.15, -0.1) is 22.9 Å². The maximum Gasteiger partial charge on any atom is 0.160 e. The number of hydrogen-bond donors (Lipinski definition) is 0. The van der Waals surface area contributed by atoms with Crippen LogP contribution in [0.2, 0.25) is 0 Å². The van der Waals surface area contributed by atoms with Gasteiger partial charge in [0.2, 0.25) is 0 Å². The molecule has 0 aliphatic rings. The number of nitrogens with zero attached hydrogens (tertiary/aromatic N) is 3. The molecule has 0 amide bonds. The molecule has 104 valence electrons. The van der Waals surface area contributed by atoms with Gasteiger partial charge >= 0.3 is 0 Å². The Hall–Kier alpha value is -1.39. The second-order valence-electron chi connectivity index (χ2n) is 4.96. The molecule has 3 rings (SSSR count). The summed E-state index contributed by atoms with van der Waals surface area (Å²) < 4.78 is 2.18. The van der Waals surface area contributed by atoms with Crippen molar-refractivity contribution >= 4 is 34.1 Å². The van der Waals surface area contributed by atoms with Gasteiger partial charge in [0.1, 0.15) is 11.3 Å². The first kappa shape index (κ1) is 13.6. The molecule has 3 aromatic heterocycles. The first-order valence-corrected chi connectivity index (χ1v) is 8.03. The van der Waals surface area contributed by atoms with E-state index in [9.17, 15) is 0 Å². The first-order valence-electron chi connectivity index (χ1n) is 6.62. The fourth-order valence-electron chi connectivity index (χ4n) is 2.48. The zero-order valence-corrected chi connectivity index (χ0v) is 13.1. The quantitative estimate of drug-likeness (QED) is 0.671. The standard InChI is InChI=1S/C15H16ClN3S/c1-10-5-6-13-15(17-10)19(14(9-16)18-13)11(2)8-12-4-3-7-20-12/h3-7,11H,8-9H2,1-2H3. The van der Waals surface area contributed by atoms with Crippen LogP contribution in [0.3, 0.4) is 0 Å². The number of halogens is 1. The number of aryl methyl sites for hydroxylation is 1. The third kappa shape index (κ3) is 2.45. The van der Waals surface area contributed by atoms with Crippen LogP contribution in [0.15, 0.2) is 29.6 Å². The minimum atomic E-state index is 0.293. The molecular formula is C15H16ClN3S. The van der Waals surface area contributed by atoms with E-state index < -0.39 is 0 Å². The Labute approximate surface area is 127 Å². The molecule has 0 spiro atoms. The van der Waals surface area contributed by atoms with Crippen molar-refractivity contribution in [2.75, 3.05) is 0 Å². The summed E-state index contributed by atoms with van der Waals surface area (Å²) >= 11 is 7.84. The summed E-state index contributed by atoms with van der Waals surface area (Å²) in [5.74, 6) is 1.30. The molecule has 0 bridgehead atoms. The van der Waals surface area contributed by atoms with Crippen LogP contribution in [-0.4, -0.2) is 14.5 Å². The van der Waals surface area contributed by atoms with Crippen molar-refractivity contribution in [3.8, 4) is 0 Å². The van der Waals surface area contributed by atoms with E-state index in [1.807, 2.05) is 19.1 Å². The summed E-state index contributed by atoms with van der Waals surface area (Å²) in [5, 5.41) is 2.11. The number of pyridine rings is 1. The number of imidazole rings is 1. The minimum absolute atomic E-state index is 0.293. The molecule has 0 saturated carbocycles. The molecule has 0 radical (unpaired) electrons. The van der Waals surface area contributed by atoms with Crippen LogP contribution in [-0.2, 0) is 12.3 Å².